The Morgan fingerprint density at radius 1 is 1.12 bits per heavy atom. The molecule has 0 radical (unpaired) electrons. The summed E-state index contributed by atoms with van der Waals surface area (Å²) in [7, 11) is 0. The molecule has 2 aromatic carbocycles. The Kier molecular flexibility index (Phi) is 2.26. The van der Waals surface area contributed by atoms with Gasteiger partial charge in [-0.15, -0.1) is 0 Å². The fourth-order valence-corrected chi connectivity index (χ4v) is 2.55. The van der Waals surface area contributed by atoms with Gasteiger partial charge in [0.15, 0.2) is 0 Å². The van der Waals surface area contributed by atoms with Crippen LogP contribution in [0.5, 0.6) is 0 Å². The molecule has 2 N–H and O–H groups in total. The van der Waals surface area contributed by atoms with Crippen LogP contribution in [0, 0.1) is 0 Å². The Morgan fingerprint density at radius 2 is 1.94 bits per heavy atom. The van der Waals surface area contributed by atoms with Gasteiger partial charge in [-0.1, -0.05) is 42.5 Å². The third-order valence-corrected chi connectivity index (χ3v) is 3.34. The van der Waals surface area contributed by atoms with Crippen LogP contribution in [0.4, 0.5) is 0 Å². The molecular formula is C15H15N. The minimum Gasteiger partial charge on any atom is -0.326 e. The van der Waals surface area contributed by atoms with E-state index in [-0.39, 0.29) is 0 Å². The minimum atomic E-state index is 0.623. The number of aryl methyl sites for hydroxylation is 1. The zero-order chi connectivity index (χ0) is 11.0. The van der Waals surface area contributed by atoms with Crippen molar-refractivity contribution in [1.82, 2.24) is 0 Å². The third-order valence-electron chi connectivity index (χ3n) is 3.34. The number of fused-ring (bicyclic) bond motifs is 3. The van der Waals surface area contributed by atoms with Gasteiger partial charge in [0.1, 0.15) is 0 Å². The highest BCUT2D eigenvalue weighted by Crippen LogP contribution is 2.30. The molecule has 0 unspecified atom stereocenters. The lowest BCUT2D eigenvalue weighted by molar-refractivity contribution is 0.977. The maximum absolute atomic E-state index is 5.83. The van der Waals surface area contributed by atoms with E-state index in [1.165, 1.54) is 27.5 Å². The first-order valence-corrected chi connectivity index (χ1v) is 5.80. The van der Waals surface area contributed by atoms with Gasteiger partial charge in [-0.05, 0) is 40.3 Å². The third kappa shape index (κ3) is 1.36. The molecule has 1 aliphatic carbocycles. The molecule has 16 heavy (non-hydrogen) atoms. The molecule has 0 atom stereocenters. The molecule has 2 aromatic rings. The van der Waals surface area contributed by atoms with E-state index < -0.39 is 0 Å². The summed E-state index contributed by atoms with van der Waals surface area (Å²) in [6.45, 7) is 0.623. The van der Waals surface area contributed by atoms with Crippen molar-refractivity contribution in [3.8, 4) is 0 Å². The molecule has 1 heteroatoms. The van der Waals surface area contributed by atoms with E-state index in [2.05, 4.69) is 42.5 Å². The molecule has 0 bridgehead atoms. The van der Waals surface area contributed by atoms with Crippen molar-refractivity contribution >= 4 is 16.8 Å². The Morgan fingerprint density at radius 3 is 2.75 bits per heavy atom. The Balaban J connectivity index is 2.42. The largest absolute Gasteiger partial charge is 0.326 e. The van der Waals surface area contributed by atoms with E-state index in [4.69, 9.17) is 5.73 Å². The van der Waals surface area contributed by atoms with Gasteiger partial charge in [0.2, 0.25) is 0 Å². The molecule has 0 aromatic heterocycles. The smallest absolute Gasteiger partial charge is 0.0184 e. The normalized spacial score (nSPS) is 14.1. The molecule has 80 valence electrons. The zero-order valence-corrected chi connectivity index (χ0v) is 9.24. The van der Waals surface area contributed by atoms with Crippen molar-refractivity contribution in [2.45, 2.75) is 19.4 Å². The number of benzene rings is 2. The fraction of sp³-hybridized carbons (Fsp3) is 0.200. The number of hydrogen-bond acceptors (Lipinski definition) is 1. The van der Waals surface area contributed by atoms with Crippen LogP contribution < -0.4 is 5.73 Å². The van der Waals surface area contributed by atoms with Crippen molar-refractivity contribution < 1.29 is 0 Å². The van der Waals surface area contributed by atoms with Crippen molar-refractivity contribution in [3.05, 3.63) is 53.1 Å². The van der Waals surface area contributed by atoms with Crippen molar-refractivity contribution in [2.24, 2.45) is 5.73 Å². The second-order valence-corrected chi connectivity index (χ2v) is 4.30. The highest BCUT2D eigenvalue weighted by Gasteiger charge is 2.10. The number of nitrogens with two attached hydrogens (primary N) is 1. The highest BCUT2D eigenvalue weighted by atomic mass is 14.5. The van der Waals surface area contributed by atoms with Crippen LogP contribution in [-0.2, 0) is 13.0 Å². The van der Waals surface area contributed by atoms with Crippen LogP contribution >= 0.6 is 0 Å². The Labute approximate surface area is 95.6 Å². The monoisotopic (exact) mass is 209 g/mol. The lowest BCUT2D eigenvalue weighted by atomic mass is 9.89. The van der Waals surface area contributed by atoms with E-state index >= 15 is 0 Å². The van der Waals surface area contributed by atoms with Crippen LogP contribution in [0.25, 0.3) is 16.8 Å². The van der Waals surface area contributed by atoms with Crippen molar-refractivity contribution in [1.29, 1.82) is 0 Å². The van der Waals surface area contributed by atoms with E-state index in [0.29, 0.717) is 6.54 Å². The zero-order valence-electron chi connectivity index (χ0n) is 9.24. The Hall–Kier alpha value is -1.60. The van der Waals surface area contributed by atoms with Gasteiger partial charge in [0, 0.05) is 6.54 Å². The lowest BCUT2D eigenvalue weighted by Gasteiger charge is -2.16. The molecule has 0 saturated heterocycles. The molecule has 0 aliphatic heterocycles. The first-order chi connectivity index (χ1) is 7.90. The summed E-state index contributed by atoms with van der Waals surface area (Å²) in [5, 5.41) is 2.65. The van der Waals surface area contributed by atoms with Gasteiger partial charge >= 0.3 is 0 Å². The lowest BCUT2D eigenvalue weighted by Crippen LogP contribution is -2.02. The molecule has 0 heterocycles. The number of hydrogen-bond donors (Lipinski definition) is 1. The first-order valence-electron chi connectivity index (χ1n) is 5.80. The molecule has 0 fully saturated rings. The topological polar surface area (TPSA) is 26.0 Å². The van der Waals surface area contributed by atoms with E-state index in [0.717, 1.165) is 12.8 Å². The standard InChI is InChI=1S/C15H15N/c16-10-12-9-11-5-1-2-6-13(11)15-8-4-3-7-14(12)15/h2-4,6-9H,1,5,10,16H2. The molecule has 3 rings (SSSR count). The number of allylic oxidation sites excluding steroid dienone is 1. The van der Waals surface area contributed by atoms with Crippen LogP contribution in [0.1, 0.15) is 23.1 Å². The van der Waals surface area contributed by atoms with Gasteiger partial charge in [-0.25, -0.2) is 0 Å². The van der Waals surface area contributed by atoms with E-state index in [9.17, 15) is 0 Å². The average molecular weight is 209 g/mol. The Bertz CT molecular complexity index is 567. The van der Waals surface area contributed by atoms with E-state index in [1.54, 1.807) is 0 Å². The highest BCUT2D eigenvalue weighted by molar-refractivity contribution is 5.94. The summed E-state index contributed by atoms with van der Waals surface area (Å²) >= 11 is 0. The number of rotatable bonds is 1. The summed E-state index contributed by atoms with van der Waals surface area (Å²) in [5.74, 6) is 0. The summed E-state index contributed by atoms with van der Waals surface area (Å²) in [6.07, 6.45) is 6.80. The molecule has 0 amide bonds. The molecule has 0 spiro atoms. The predicted molar refractivity (Wildman–Crippen MR) is 69.2 cm³/mol. The second-order valence-electron chi connectivity index (χ2n) is 4.30. The first kappa shape index (κ1) is 9.61. The van der Waals surface area contributed by atoms with Gasteiger partial charge < -0.3 is 5.73 Å². The summed E-state index contributed by atoms with van der Waals surface area (Å²) < 4.78 is 0. The average Bonchev–Trinajstić information content (AvgIpc) is 2.38. The summed E-state index contributed by atoms with van der Waals surface area (Å²) in [6, 6.07) is 10.8. The fourth-order valence-electron chi connectivity index (χ4n) is 2.55. The summed E-state index contributed by atoms with van der Waals surface area (Å²) in [4.78, 5) is 0. The van der Waals surface area contributed by atoms with Crippen LogP contribution in [0.15, 0.2) is 36.4 Å². The van der Waals surface area contributed by atoms with Crippen LogP contribution in [-0.4, -0.2) is 0 Å². The molecule has 1 nitrogen and oxygen atoms in total. The van der Waals surface area contributed by atoms with Gasteiger partial charge in [0.05, 0.1) is 0 Å². The maximum atomic E-state index is 5.83. The molecule has 1 aliphatic rings. The summed E-state index contributed by atoms with van der Waals surface area (Å²) in [5.41, 5.74) is 9.93. The van der Waals surface area contributed by atoms with Crippen molar-refractivity contribution in [2.75, 3.05) is 0 Å². The quantitative estimate of drug-likeness (QED) is 0.766. The predicted octanol–water partition coefficient (Wildman–Crippen LogP) is 3.26. The van der Waals surface area contributed by atoms with Crippen LogP contribution in [0.2, 0.25) is 0 Å². The SMILES string of the molecule is NCc1cc2c(c3ccccc13)C=CCC2. The maximum Gasteiger partial charge on any atom is 0.0184 e. The molecule has 0 saturated carbocycles. The van der Waals surface area contributed by atoms with Gasteiger partial charge in [-0.2, -0.15) is 0 Å². The molecular weight excluding hydrogens is 194 g/mol. The second kappa shape index (κ2) is 3.76. The van der Waals surface area contributed by atoms with E-state index in [1.807, 2.05) is 0 Å². The van der Waals surface area contributed by atoms with Gasteiger partial charge in [0.25, 0.3) is 0 Å². The van der Waals surface area contributed by atoms with Crippen molar-refractivity contribution in [3.63, 3.8) is 0 Å². The minimum absolute atomic E-state index is 0.623. The van der Waals surface area contributed by atoms with Gasteiger partial charge in [-0.3, -0.25) is 0 Å². The van der Waals surface area contributed by atoms with Crippen LogP contribution in [0.3, 0.4) is 0 Å².